The second-order valence-corrected chi connectivity index (χ2v) is 4.42. The predicted octanol–water partition coefficient (Wildman–Crippen LogP) is 2.37. The molecule has 0 spiro atoms. The van der Waals surface area contributed by atoms with Gasteiger partial charge in [-0.05, 0) is 26.7 Å². The van der Waals surface area contributed by atoms with E-state index >= 15 is 0 Å². The van der Waals surface area contributed by atoms with Gasteiger partial charge in [0.2, 0.25) is 5.91 Å². The second-order valence-electron chi connectivity index (χ2n) is 4.42. The van der Waals surface area contributed by atoms with Gasteiger partial charge >= 0.3 is 5.97 Å². The van der Waals surface area contributed by atoms with Crippen LogP contribution in [0.4, 0.5) is 0 Å². The molecule has 4 heteroatoms. The Hall–Kier alpha value is -1.06. The Morgan fingerprint density at radius 3 is 2.00 bits per heavy atom. The maximum Gasteiger partial charge on any atom is 0.306 e. The molecule has 0 atom stereocenters. The average molecular weight is 243 g/mol. The fourth-order valence-electron chi connectivity index (χ4n) is 1.59. The summed E-state index contributed by atoms with van der Waals surface area (Å²) in [6.45, 7) is 9.24. The zero-order chi connectivity index (χ0) is 13.3. The molecule has 0 aromatic carbocycles. The summed E-state index contributed by atoms with van der Waals surface area (Å²) < 4.78 is 4.99. The van der Waals surface area contributed by atoms with Gasteiger partial charge in [-0.2, -0.15) is 0 Å². The number of ether oxygens (including phenoxy) is 1. The van der Waals surface area contributed by atoms with Crippen LogP contribution in [0.3, 0.4) is 0 Å². The van der Waals surface area contributed by atoms with Crippen LogP contribution in [0.15, 0.2) is 0 Å². The molecule has 0 aliphatic carbocycles. The van der Waals surface area contributed by atoms with E-state index in [0.29, 0.717) is 0 Å². The molecule has 0 N–H and O–H groups in total. The third-order valence-electron chi connectivity index (χ3n) is 2.25. The van der Waals surface area contributed by atoms with E-state index in [2.05, 4.69) is 0 Å². The van der Waals surface area contributed by atoms with Gasteiger partial charge in [-0.3, -0.25) is 9.59 Å². The van der Waals surface area contributed by atoms with Crippen molar-refractivity contribution in [2.24, 2.45) is 0 Å². The molecule has 0 radical (unpaired) electrons. The third kappa shape index (κ3) is 7.77. The molecular formula is C13H25NO3. The first-order chi connectivity index (χ1) is 8.01. The lowest BCUT2D eigenvalue weighted by molar-refractivity contribution is -0.149. The highest BCUT2D eigenvalue weighted by Crippen LogP contribution is 2.03. The van der Waals surface area contributed by atoms with E-state index in [1.165, 1.54) is 0 Å². The number of hydrogen-bond acceptors (Lipinski definition) is 3. The summed E-state index contributed by atoms with van der Waals surface area (Å²) in [7, 11) is 0. The molecule has 0 saturated carbocycles. The van der Waals surface area contributed by atoms with Crippen LogP contribution >= 0.6 is 0 Å². The van der Waals surface area contributed by atoms with Gasteiger partial charge < -0.3 is 9.64 Å². The molecule has 0 bridgehead atoms. The summed E-state index contributed by atoms with van der Waals surface area (Å²) in [6, 6.07) is 0. The van der Waals surface area contributed by atoms with Crippen molar-refractivity contribution in [2.75, 3.05) is 13.1 Å². The highest BCUT2D eigenvalue weighted by molar-refractivity contribution is 5.81. The number of hydrogen-bond donors (Lipinski definition) is 0. The molecule has 17 heavy (non-hydrogen) atoms. The zero-order valence-electron chi connectivity index (χ0n) is 11.5. The Labute approximate surface area is 104 Å². The Kier molecular flexibility index (Phi) is 8.46. The molecule has 0 saturated heterocycles. The summed E-state index contributed by atoms with van der Waals surface area (Å²) in [5.41, 5.74) is 0. The molecule has 4 nitrogen and oxygen atoms in total. The number of esters is 1. The lowest BCUT2D eigenvalue weighted by atomic mass is 10.2. The minimum atomic E-state index is -0.290. The molecule has 0 aromatic rings. The van der Waals surface area contributed by atoms with E-state index in [1.807, 2.05) is 18.7 Å². The Morgan fingerprint density at radius 2 is 1.59 bits per heavy atom. The van der Waals surface area contributed by atoms with Crippen LogP contribution in [-0.4, -0.2) is 36.0 Å². The number of amides is 1. The first-order valence-corrected chi connectivity index (χ1v) is 6.48. The minimum Gasteiger partial charge on any atom is -0.463 e. The Balaban J connectivity index is 4.00. The average Bonchev–Trinajstić information content (AvgIpc) is 2.24. The molecule has 100 valence electrons. The van der Waals surface area contributed by atoms with Gasteiger partial charge in [0.05, 0.1) is 12.5 Å². The van der Waals surface area contributed by atoms with E-state index in [4.69, 9.17) is 4.74 Å². The molecule has 0 aliphatic rings. The fourth-order valence-corrected chi connectivity index (χ4v) is 1.59. The number of rotatable bonds is 8. The van der Waals surface area contributed by atoms with Crippen LogP contribution < -0.4 is 0 Å². The van der Waals surface area contributed by atoms with E-state index in [0.717, 1.165) is 25.9 Å². The van der Waals surface area contributed by atoms with E-state index < -0.39 is 0 Å². The van der Waals surface area contributed by atoms with Crippen molar-refractivity contribution in [2.45, 2.75) is 59.5 Å². The largest absolute Gasteiger partial charge is 0.463 e. The van der Waals surface area contributed by atoms with Gasteiger partial charge in [-0.1, -0.05) is 13.8 Å². The van der Waals surface area contributed by atoms with Gasteiger partial charge in [0.15, 0.2) is 0 Å². The van der Waals surface area contributed by atoms with Gasteiger partial charge in [0, 0.05) is 19.5 Å². The molecule has 0 rings (SSSR count). The monoisotopic (exact) mass is 243 g/mol. The van der Waals surface area contributed by atoms with Crippen molar-refractivity contribution in [3.05, 3.63) is 0 Å². The van der Waals surface area contributed by atoms with Crippen molar-refractivity contribution in [3.63, 3.8) is 0 Å². The van der Waals surface area contributed by atoms with Crippen molar-refractivity contribution < 1.29 is 14.3 Å². The Morgan fingerprint density at radius 1 is 1.06 bits per heavy atom. The van der Waals surface area contributed by atoms with E-state index in [9.17, 15) is 9.59 Å². The lowest BCUT2D eigenvalue weighted by Gasteiger charge is -2.21. The van der Waals surface area contributed by atoms with Crippen molar-refractivity contribution in [3.8, 4) is 0 Å². The molecule has 0 aromatic heterocycles. The lowest BCUT2D eigenvalue weighted by Crippen LogP contribution is -2.32. The third-order valence-corrected chi connectivity index (χ3v) is 2.25. The number of carbonyl (C=O) groups is 2. The number of carbonyl (C=O) groups excluding carboxylic acids is 2. The summed E-state index contributed by atoms with van der Waals surface area (Å²) >= 11 is 0. The Bertz CT molecular complexity index is 233. The van der Waals surface area contributed by atoms with Crippen LogP contribution in [-0.2, 0) is 14.3 Å². The van der Waals surface area contributed by atoms with Crippen LogP contribution in [0.5, 0.6) is 0 Å². The topological polar surface area (TPSA) is 46.6 Å². The predicted molar refractivity (Wildman–Crippen MR) is 67.6 cm³/mol. The second kappa shape index (κ2) is 9.02. The summed E-state index contributed by atoms with van der Waals surface area (Å²) in [5.74, 6) is -0.240. The maximum absolute atomic E-state index is 11.8. The van der Waals surface area contributed by atoms with Crippen molar-refractivity contribution in [1.82, 2.24) is 4.90 Å². The molecular weight excluding hydrogens is 218 g/mol. The molecule has 1 amide bonds. The van der Waals surface area contributed by atoms with Crippen LogP contribution in [0.25, 0.3) is 0 Å². The van der Waals surface area contributed by atoms with Gasteiger partial charge in [0.1, 0.15) is 0 Å². The summed E-state index contributed by atoms with van der Waals surface area (Å²) in [5, 5.41) is 0. The van der Waals surface area contributed by atoms with Crippen molar-refractivity contribution in [1.29, 1.82) is 0 Å². The van der Waals surface area contributed by atoms with Gasteiger partial charge in [-0.25, -0.2) is 0 Å². The first kappa shape index (κ1) is 15.9. The van der Waals surface area contributed by atoms with Gasteiger partial charge in [-0.15, -0.1) is 0 Å². The summed E-state index contributed by atoms with van der Waals surface area (Å²) in [6.07, 6.45) is 2.22. The maximum atomic E-state index is 11.8. The van der Waals surface area contributed by atoms with Gasteiger partial charge in [0.25, 0.3) is 0 Å². The van der Waals surface area contributed by atoms with E-state index in [1.54, 1.807) is 13.8 Å². The molecule has 0 fully saturated rings. The minimum absolute atomic E-state index is 0.0504. The number of nitrogens with zero attached hydrogens (tertiary/aromatic N) is 1. The molecule has 0 aliphatic heterocycles. The zero-order valence-corrected chi connectivity index (χ0v) is 11.5. The summed E-state index contributed by atoms with van der Waals surface area (Å²) in [4.78, 5) is 25.0. The first-order valence-electron chi connectivity index (χ1n) is 6.48. The van der Waals surface area contributed by atoms with Crippen molar-refractivity contribution >= 4 is 11.9 Å². The normalized spacial score (nSPS) is 10.4. The van der Waals surface area contributed by atoms with Crippen LogP contribution in [0, 0.1) is 0 Å². The highest BCUT2D eigenvalue weighted by Gasteiger charge is 2.14. The SMILES string of the molecule is CCCN(CCC)C(=O)CCC(=O)OC(C)C. The van der Waals surface area contributed by atoms with Crippen LogP contribution in [0.2, 0.25) is 0 Å². The smallest absolute Gasteiger partial charge is 0.306 e. The molecule has 0 heterocycles. The standard InChI is InChI=1S/C13H25NO3/c1-5-9-14(10-6-2)12(15)7-8-13(16)17-11(3)4/h11H,5-10H2,1-4H3. The quantitative estimate of drug-likeness (QED) is 0.615. The van der Waals surface area contributed by atoms with E-state index in [-0.39, 0.29) is 30.8 Å². The highest BCUT2D eigenvalue weighted by atomic mass is 16.5. The molecule has 0 unspecified atom stereocenters. The fraction of sp³-hybridized carbons (Fsp3) is 0.846. The van der Waals surface area contributed by atoms with Crippen LogP contribution in [0.1, 0.15) is 53.4 Å².